The van der Waals surface area contributed by atoms with Gasteiger partial charge in [-0.1, -0.05) is 48.5 Å². The van der Waals surface area contributed by atoms with Gasteiger partial charge in [0.25, 0.3) is 11.8 Å². The molecule has 4 N–H and O–H groups in total. The molecule has 0 aliphatic rings. The molecule has 0 fully saturated rings. The Hall–Kier alpha value is -4.44. The Labute approximate surface area is 224 Å². The molecule has 0 aliphatic carbocycles. The molecule has 2 heterocycles. The standard InChI is InChI=1S/C30H29N3O6/c1-37-18-38-17-22(15-24(30(35)33-36)25-16-31-26-8-4-3-7-23(25)26)32-29(34)20-12-10-19(11-13-20)28-14-21-6-2-5-9-27(21)39-28/h2-14,16,22,24,31,36H,15,17-18H2,1H3,(H,32,34)(H,33,35). The average molecular weight is 528 g/mol. The number of hydrogen-bond acceptors (Lipinski definition) is 6. The number of aromatic nitrogens is 1. The van der Waals surface area contributed by atoms with E-state index in [4.69, 9.17) is 13.9 Å². The van der Waals surface area contributed by atoms with E-state index in [-0.39, 0.29) is 25.7 Å². The number of rotatable bonds is 11. The molecule has 9 heteroatoms. The molecule has 2 aromatic heterocycles. The Balaban J connectivity index is 1.34. The minimum Gasteiger partial charge on any atom is -0.456 e. The van der Waals surface area contributed by atoms with E-state index in [1.54, 1.807) is 23.8 Å². The Morgan fingerprint density at radius 1 is 1.03 bits per heavy atom. The number of fused-ring (bicyclic) bond motifs is 2. The molecule has 0 saturated heterocycles. The van der Waals surface area contributed by atoms with Crippen LogP contribution >= 0.6 is 0 Å². The smallest absolute Gasteiger partial charge is 0.251 e. The summed E-state index contributed by atoms with van der Waals surface area (Å²) in [5, 5.41) is 14.3. The maximum Gasteiger partial charge on any atom is 0.251 e. The van der Waals surface area contributed by atoms with Crippen molar-refractivity contribution in [2.24, 2.45) is 0 Å². The number of aromatic amines is 1. The summed E-state index contributed by atoms with van der Waals surface area (Å²) in [4.78, 5) is 29.1. The monoisotopic (exact) mass is 527 g/mol. The van der Waals surface area contributed by atoms with E-state index < -0.39 is 17.9 Å². The van der Waals surface area contributed by atoms with Crippen molar-refractivity contribution in [3.8, 4) is 11.3 Å². The number of hydrogen-bond donors (Lipinski definition) is 4. The van der Waals surface area contributed by atoms with Gasteiger partial charge >= 0.3 is 0 Å². The molecule has 5 aromatic rings. The highest BCUT2D eigenvalue weighted by molar-refractivity contribution is 5.95. The van der Waals surface area contributed by atoms with E-state index in [1.165, 1.54) is 7.11 Å². The van der Waals surface area contributed by atoms with Crippen molar-refractivity contribution < 1.29 is 28.7 Å². The van der Waals surface area contributed by atoms with Gasteiger partial charge in [0.15, 0.2) is 0 Å². The quantitative estimate of drug-likeness (QED) is 0.0831. The van der Waals surface area contributed by atoms with Crippen LogP contribution in [-0.4, -0.2) is 48.6 Å². The number of hydroxylamine groups is 1. The molecule has 2 atom stereocenters. The number of furan rings is 1. The largest absolute Gasteiger partial charge is 0.456 e. The molecule has 5 rings (SSSR count). The Morgan fingerprint density at radius 2 is 1.79 bits per heavy atom. The van der Waals surface area contributed by atoms with Crippen LogP contribution in [0.25, 0.3) is 33.2 Å². The lowest BCUT2D eigenvalue weighted by molar-refractivity contribution is -0.131. The summed E-state index contributed by atoms with van der Waals surface area (Å²) in [6.07, 6.45) is 1.93. The molecule has 0 bridgehead atoms. The predicted molar refractivity (Wildman–Crippen MR) is 146 cm³/mol. The second-order valence-electron chi connectivity index (χ2n) is 9.23. The predicted octanol–water partition coefficient (Wildman–Crippen LogP) is 4.98. The van der Waals surface area contributed by atoms with Crippen molar-refractivity contribution in [2.45, 2.75) is 18.4 Å². The zero-order valence-electron chi connectivity index (χ0n) is 21.3. The van der Waals surface area contributed by atoms with E-state index in [9.17, 15) is 14.8 Å². The Kier molecular flexibility index (Phi) is 8.02. The minimum atomic E-state index is -0.752. The van der Waals surface area contributed by atoms with Crippen LogP contribution in [0.15, 0.2) is 89.5 Å². The van der Waals surface area contributed by atoms with Crippen LogP contribution in [0.4, 0.5) is 0 Å². The summed E-state index contributed by atoms with van der Waals surface area (Å²) in [7, 11) is 1.51. The number of benzene rings is 3. The number of H-pyrrole nitrogens is 1. The van der Waals surface area contributed by atoms with E-state index in [1.807, 2.05) is 66.7 Å². The Bertz CT molecular complexity index is 1540. The van der Waals surface area contributed by atoms with Crippen molar-refractivity contribution in [1.29, 1.82) is 0 Å². The number of para-hydroxylation sites is 2. The fourth-order valence-corrected chi connectivity index (χ4v) is 4.74. The van der Waals surface area contributed by atoms with Crippen molar-refractivity contribution in [1.82, 2.24) is 15.8 Å². The van der Waals surface area contributed by atoms with Crippen LogP contribution < -0.4 is 10.8 Å². The second-order valence-corrected chi connectivity index (χ2v) is 9.23. The summed E-state index contributed by atoms with van der Waals surface area (Å²) < 4.78 is 16.5. The topological polar surface area (TPSA) is 126 Å². The first kappa shape index (κ1) is 26.2. The molecule has 0 spiro atoms. The number of amides is 2. The Morgan fingerprint density at radius 3 is 2.56 bits per heavy atom. The summed E-state index contributed by atoms with van der Waals surface area (Å²) in [5.74, 6) is -0.941. The van der Waals surface area contributed by atoms with Gasteiger partial charge in [0.1, 0.15) is 18.1 Å². The molecule has 39 heavy (non-hydrogen) atoms. The van der Waals surface area contributed by atoms with Crippen LogP contribution in [0.1, 0.15) is 28.3 Å². The van der Waals surface area contributed by atoms with Crippen molar-refractivity contribution in [3.63, 3.8) is 0 Å². The summed E-state index contributed by atoms with van der Waals surface area (Å²) in [6, 6.07) is 23.9. The van der Waals surface area contributed by atoms with Gasteiger partial charge in [-0.25, -0.2) is 5.48 Å². The third kappa shape index (κ3) is 5.85. The van der Waals surface area contributed by atoms with Crippen molar-refractivity contribution in [2.75, 3.05) is 20.5 Å². The first-order valence-corrected chi connectivity index (χ1v) is 12.5. The fraction of sp³-hybridized carbons (Fsp3) is 0.200. The fourth-order valence-electron chi connectivity index (χ4n) is 4.74. The molecule has 2 amide bonds. The highest BCUT2D eigenvalue weighted by Crippen LogP contribution is 2.30. The van der Waals surface area contributed by atoms with Crippen LogP contribution in [-0.2, 0) is 14.3 Å². The lowest BCUT2D eigenvalue weighted by Gasteiger charge is -2.23. The van der Waals surface area contributed by atoms with E-state index >= 15 is 0 Å². The third-order valence-electron chi connectivity index (χ3n) is 6.66. The van der Waals surface area contributed by atoms with Gasteiger partial charge in [-0.05, 0) is 42.3 Å². The molecule has 0 aliphatic heterocycles. The first-order valence-electron chi connectivity index (χ1n) is 12.5. The van der Waals surface area contributed by atoms with E-state index in [0.717, 1.165) is 27.4 Å². The lowest BCUT2D eigenvalue weighted by atomic mass is 9.91. The maximum atomic E-state index is 13.2. The van der Waals surface area contributed by atoms with Crippen LogP contribution in [0.5, 0.6) is 0 Å². The van der Waals surface area contributed by atoms with Gasteiger partial charge in [-0.2, -0.15) is 0 Å². The minimum absolute atomic E-state index is 0.0303. The summed E-state index contributed by atoms with van der Waals surface area (Å²) >= 11 is 0. The number of carbonyl (C=O) groups is 2. The van der Waals surface area contributed by atoms with Crippen molar-refractivity contribution >= 4 is 33.7 Å². The van der Waals surface area contributed by atoms with Crippen LogP contribution in [0, 0.1) is 0 Å². The molecule has 9 nitrogen and oxygen atoms in total. The molecular weight excluding hydrogens is 498 g/mol. The highest BCUT2D eigenvalue weighted by Gasteiger charge is 2.28. The zero-order chi connectivity index (χ0) is 27.2. The highest BCUT2D eigenvalue weighted by atomic mass is 16.7. The summed E-state index contributed by atoms with van der Waals surface area (Å²) in [5.41, 5.74) is 5.43. The van der Waals surface area contributed by atoms with E-state index in [0.29, 0.717) is 16.9 Å². The number of methoxy groups -OCH3 is 1. The average Bonchev–Trinajstić information content (AvgIpc) is 3.60. The SMILES string of the molecule is COCOCC(CC(C(=O)NO)c1c[nH]c2ccccc12)NC(=O)c1ccc(-c2cc3ccccc3o2)cc1. The van der Waals surface area contributed by atoms with Crippen LogP contribution in [0.3, 0.4) is 0 Å². The maximum absolute atomic E-state index is 13.2. The zero-order valence-corrected chi connectivity index (χ0v) is 21.3. The molecular formula is C30H29N3O6. The summed E-state index contributed by atoms with van der Waals surface area (Å²) in [6.45, 7) is 0.136. The molecule has 3 aromatic carbocycles. The molecule has 0 radical (unpaired) electrons. The first-order chi connectivity index (χ1) is 19.1. The van der Waals surface area contributed by atoms with Gasteiger partial charge in [-0.3, -0.25) is 14.8 Å². The van der Waals surface area contributed by atoms with Crippen LogP contribution in [0.2, 0.25) is 0 Å². The van der Waals surface area contributed by atoms with Gasteiger partial charge < -0.3 is 24.2 Å². The number of nitrogens with one attached hydrogen (secondary N) is 3. The third-order valence-corrected chi connectivity index (χ3v) is 6.66. The normalized spacial score (nSPS) is 12.9. The molecule has 200 valence electrons. The van der Waals surface area contributed by atoms with Crippen molar-refractivity contribution in [3.05, 3.63) is 96.2 Å². The number of carbonyl (C=O) groups excluding carboxylic acids is 2. The molecule has 2 unspecified atom stereocenters. The van der Waals surface area contributed by atoms with Gasteiger partial charge in [-0.15, -0.1) is 0 Å². The number of ether oxygens (including phenoxy) is 2. The van der Waals surface area contributed by atoms with Gasteiger partial charge in [0, 0.05) is 40.7 Å². The lowest BCUT2D eigenvalue weighted by Crippen LogP contribution is -2.41. The second kappa shape index (κ2) is 12.0. The van der Waals surface area contributed by atoms with Gasteiger partial charge in [0.2, 0.25) is 0 Å². The molecule has 0 saturated carbocycles. The van der Waals surface area contributed by atoms with Gasteiger partial charge in [0.05, 0.1) is 18.6 Å². The van der Waals surface area contributed by atoms with E-state index in [2.05, 4.69) is 10.3 Å².